The van der Waals surface area contributed by atoms with Gasteiger partial charge in [0, 0.05) is 44.8 Å². The standard InChI is InChI=1S/C32H41FN4O2S/c1-2-39-30-10-6-9-29(33)27(30)21-36-17-19-37(20-18-36)32(38)31(34)25-11-14-35(15-12-25)16-13-26-22-40-23-28(26)24-7-4-3-5-8-24/h3-10,22-23,25,31H,2,11-21,34H2,1H3/t31-/m1/s1. The molecule has 0 unspecified atom stereocenters. The van der Waals surface area contributed by atoms with Gasteiger partial charge in [0.05, 0.1) is 12.6 Å². The molecule has 1 amide bonds. The largest absolute Gasteiger partial charge is 0.493 e. The summed E-state index contributed by atoms with van der Waals surface area (Å²) in [5.41, 5.74) is 11.2. The summed E-state index contributed by atoms with van der Waals surface area (Å²) in [6.45, 7) is 8.51. The molecule has 5 rings (SSSR count). The van der Waals surface area contributed by atoms with Crippen molar-refractivity contribution in [3.05, 3.63) is 76.2 Å². The zero-order valence-electron chi connectivity index (χ0n) is 23.4. The van der Waals surface area contributed by atoms with Crippen LogP contribution >= 0.6 is 11.3 Å². The Hall–Kier alpha value is -2.78. The van der Waals surface area contributed by atoms with Gasteiger partial charge in [-0.15, -0.1) is 0 Å². The third-order valence-corrected chi connectivity index (χ3v) is 9.18. The lowest BCUT2D eigenvalue weighted by Gasteiger charge is -2.39. The van der Waals surface area contributed by atoms with E-state index in [-0.39, 0.29) is 17.6 Å². The SMILES string of the molecule is CCOc1cccc(F)c1CN1CCN(C(=O)[C@H](N)C2CCN(CCc3cscc3-c3ccccc3)CC2)CC1. The maximum atomic E-state index is 14.5. The summed E-state index contributed by atoms with van der Waals surface area (Å²) in [5.74, 6) is 0.630. The third-order valence-electron chi connectivity index (χ3n) is 8.39. The van der Waals surface area contributed by atoms with E-state index in [1.807, 2.05) is 17.9 Å². The number of hydrogen-bond donors (Lipinski definition) is 1. The Labute approximate surface area is 241 Å². The number of benzene rings is 2. The molecule has 3 heterocycles. The highest BCUT2D eigenvalue weighted by atomic mass is 32.1. The highest BCUT2D eigenvalue weighted by Crippen LogP contribution is 2.29. The Morgan fingerprint density at radius 2 is 1.75 bits per heavy atom. The van der Waals surface area contributed by atoms with Crippen molar-refractivity contribution in [3.63, 3.8) is 0 Å². The van der Waals surface area contributed by atoms with Crippen LogP contribution in [0, 0.1) is 11.7 Å². The molecule has 3 aromatic rings. The monoisotopic (exact) mass is 564 g/mol. The van der Waals surface area contributed by atoms with Crippen LogP contribution in [0.3, 0.4) is 0 Å². The van der Waals surface area contributed by atoms with Crippen molar-refractivity contribution < 1.29 is 13.9 Å². The topological polar surface area (TPSA) is 62.0 Å². The molecule has 1 aromatic heterocycles. The number of thiophene rings is 1. The van der Waals surface area contributed by atoms with E-state index in [9.17, 15) is 9.18 Å². The number of piperazine rings is 1. The van der Waals surface area contributed by atoms with Gasteiger partial charge in [-0.05, 0) is 84.8 Å². The van der Waals surface area contributed by atoms with E-state index in [1.54, 1.807) is 17.4 Å². The average Bonchev–Trinajstić information content (AvgIpc) is 3.47. The minimum atomic E-state index is -0.452. The second kappa shape index (κ2) is 13.7. The Morgan fingerprint density at radius 3 is 2.48 bits per heavy atom. The van der Waals surface area contributed by atoms with E-state index < -0.39 is 6.04 Å². The molecule has 0 spiro atoms. The number of likely N-dealkylation sites (tertiary alicyclic amines) is 1. The van der Waals surface area contributed by atoms with Gasteiger partial charge in [0.15, 0.2) is 0 Å². The number of hydrogen-bond acceptors (Lipinski definition) is 6. The number of amides is 1. The van der Waals surface area contributed by atoms with E-state index in [0.717, 1.165) is 38.9 Å². The van der Waals surface area contributed by atoms with Gasteiger partial charge in [-0.2, -0.15) is 11.3 Å². The Balaban J connectivity index is 1.06. The van der Waals surface area contributed by atoms with Gasteiger partial charge < -0.3 is 20.3 Å². The number of halogens is 1. The number of carbonyl (C=O) groups is 1. The summed E-state index contributed by atoms with van der Waals surface area (Å²) < 4.78 is 20.1. The van der Waals surface area contributed by atoms with Crippen LogP contribution in [0.5, 0.6) is 5.75 Å². The van der Waals surface area contributed by atoms with Crippen molar-refractivity contribution in [3.8, 4) is 16.9 Å². The van der Waals surface area contributed by atoms with Gasteiger partial charge in [0.2, 0.25) is 5.91 Å². The summed E-state index contributed by atoms with van der Waals surface area (Å²) in [6.07, 6.45) is 2.94. The Bertz CT molecular complexity index is 1240. The van der Waals surface area contributed by atoms with E-state index >= 15 is 0 Å². The predicted octanol–water partition coefficient (Wildman–Crippen LogP) is 4.88. The molecule has 6 nitrogen and oxygen atoms in total. The number of piperidine rings is 1. The van der Waals surface area contributed by atoms with Crippen molar-refractivity contribution in [2.45, 2.75) is 38.8 Å². The molecule has 0 aliphatic carbocycles. The first kappa shape index (κ1) is 28.7. The van der Waals surface area contributed by atoms with Crippen LogP contribution in [0.1, 0.15) is 30.9 Å². The van der Waals surface area contributed by atoms with Crippen molar-refractivity contribution in [1.29, 1.82) is 0 Å². The smallest absolute Gasteiger partial charge is 0.239 e. The zero-order chi connectivity index (χ0) is 27.9. The lowest BCUT2D eigenvalue weighted by molar-refractivity contribution is -0.136. The number of carbonyl (C=O) groups excluding carboxylic acids is 1. The molecule has 214 valence electrons. The van der Waals surface area contributed by atoms with Crippen LogP contribution < -0.4 is 10.5 Å². The summed E-state index contributed by atoms with van der Waals surface area (Å²) in [7, 11) is 0. The molecular weight excluding hydrogens is 523 g/mol. The van der Waals surface area contributed by atoms with Crippen LogP contribution in [0.15, 0.2) is 59.3 Å². The highest BCUT2D eigenvalue weighted by molar-refractivity contribution is 7.08. The molecule has 2 aromatic carbocycles. The third kappa shape index (κ3) is 6.92. The van der Waals surface area contributed by atoms with Gasteiger partial charge in [-0.3, -0.25) is 9.69 Å². The minimum Gasteiger partial charge on any atom is -0.493 e. The van der Waals surface area contributed by atoms with E-state index in [0.29, 0.717) is 50.6 Å². The first-order valence-electron chi connectivity index (χ1n) is 14.5. The molecule has 2 saturated heterocycles. The quantitative estimate of drug-likeness (QED) is 0.381. The summed E-state index contributed by atoms with van der Waals surface area (Å²) in [5, 5.41) is 4.52. The fourth-order valence-electron chi connectivity index (χ4n) is 5.95. The lowest BCUT2D eigenvalue weighted by atomic mass is 9.88. The second-order valence-corrected chi connectivity index (χ2v) is 11.6. The van der Waals surface area contributed by atoms with Crippen LogP contribution in [0.4, 0.5) is 4.39 Å². The van der Waals surface area contributed by atoms with Crippen LogP contribution in [-0.4, -0.2) is 79.1 Å². The highest BCUT2D eigenvalue weighted by Gasteiger charge is 2.33. The summed E-state index contributed by atoms with van der Waals surface area (Å²) in [6, 6.07) is 15.1. The van der Waals surface area contributed by atoms with E-state index in [1.165, 1.54) is 22.8 Å². The molecule has 1 atom stereocenters. The van der Waals surface area contributed by atoms with Gasteiger partial charge in [0.1, 0.15) is 11.6 Å². The number of nitrogens with zero attached hydrogens (tertiary/aromatic N) is 3. The van der Waals surface area contributed by atoms with Gasteiger partial charge >= 0.3 is 0 Å². The average molecular weight is 565 g/mol. The van der Waals surface area contributed by atoms with Crippen molar-refractivity contribution in [2.75, 3.05) is 52.4 Å². The maximum absolute atomic E-state index is 14.5. The molecule has 8 heteroatoms. The van der Waals surface area contributed by atoms with Gasteiger partial charge in [-0.25, -0.2) is 4.39 Å². The lowest BCUT2D eigenvalue weighted by Crippen LogP contribution is -2.55. The predicted molar refractivity (Wildman–Crippen MR) is 160 cm³/mol. The zero-order valence-corrected chi connectivity index (χ0v) is 24.3. The first-order chi connectivity index (χ1) is 19.5. The van der Waals surface area contributed by atoms with Crippen LogP contribution in [-0.2, 0) is 17.8 Å². The minimum absolute atomic E-state index is 0.0600. The molecular formula is C32H41FN4O2S. The fourth-order valence-corrected chi connectivity index (χ4v) is 6.85. The van der Waals surface area contributed by atoms with Gasteiger partial charge in [-0.1, -0.05) is 36.4 Å². The Kier molecular flexibility index (Phi) is 9.86. The molecule has 2 fully saturated rings. The molecule has 2 aliphatic heterocycles. The van der Waals surface area contributed by atoms with E-state index in [2.05, 4.69) is 50.9 Å². The molecule has 2 N–H and O–H groups in total. The fraction of sp³-hybridized carbons (Fsp3) is 0.469. The second-order valence-electron chi connectivity index (χ2n) is 10.9. The van der Waals surface area contributed by atoms with E-state index in [4.69, 9.17) is 10.5 Å². The molecule has 0 bridgehead atoms. The number of ether oxygens (including phenoxy) is 1. The van der Waals surface area contributed by atoms with Crippen LogP contribution in [0.2, 0.25) is 0 Å². The summed E-state index contributed by atoms with van der Waals surface area (Å²) in [4.78, 5) is 19.9. The Morgan fingerprint density at radius 1 is 1.00 bits per heavy atom. The summed E-state index contributed by atoms with van der Waals surface area (Å²) >= 11 is 1.77. The number of rotatable bonds is 10. The molecule has 0 radical (unpaired) electrons. The number of nitrogens with two attached hydrogens (primary N) is 1. The van der Waals surface area contributed by atoms with Crippen molar-refractivity contribution in [1.82, 2.24) is 14.7 Å². The first-order valence-corrected chi connectivity index (χ1v) is 15.5. The maximum Gasteiger partial charge on any atom is 0.239 e. The molecule has 40 heavy (non-hydrogen) atoms. The van der Waals surface area contributed by atoms with Crippen molar-refractivity contribution >= 4 is 17.2 Å². The molecule has 2 aliphatic rings. The molecule has 0 saturated carbocycles. The van der Waals surface area contributed by atoms with Crippen LogP contribution in [0.25, 0.3) is 11.1 Å². The normalized spacial score (nSPS) is 18.1. The van der Waals surface area contributed by atoms with Gasteiger partial charge in [0.25, 0.3) is 0 Å². The van der Waals surface area contributed by atoms with Crippen molar-refractivity contribution in [2.24, 2.45) is 11.7 Å².